The van der Waals surface area contributed by atoms with E-state index in [0.29, 0.717) is 17.1 Å². The quantitative estimate of drug-likeness (QED) is 0.729. The molecule has 15 heavy (non-hydrogen) atoms. The van der Waals surface area contributed by atoms with Crippen molar-refractivity contribution in [2.24, 2.45) is 0 Å². The highest BCUT2D eigenvalue weighted by molar-refractivity contribution is 6.08. The molecule has 1 aromatic heterocycles. The maximum Gasteiger partial charge on any atom is 0.209 e. The van der Waals surface area contributed by atoms with Crippen LogP contribution in [-0.4, -0.2) is 10.8 Å². The van der Waals surface area contributed by atoms with Gasteiger partial charge in [-0.15, -0.1) is 0 Å². The van der Waals surface area contributed by atoms with Crippen molar-refractivity contribution in [3.8, 4) is 0 Å². The SMILES string of the molecule is Cc1cc(C(=O)c2ccccc2)[nH]c1N. The molecule has 0 atom stereocenters. The molecule has 2 aromatic rings. The van der Waals surface area contributed by atoms with Crippen molar-refractivity contribution < 1.29 is 4.79 Å². The molecule has 0 fully saturated rings. The molecule has 0 bridgehead atoms. The van der Waals surface area contributed by atoms with Crippen LogP contribution in [0.2, 0.25) is 0 Å². The number of nitrogens with one attached hydrogen (secondary N) is 1. The smallest absolute Gasteiger partial charge is 0.209 e. The fraction of sp³-hybridized carbons (Fsp3) is 0.0833. The first-order valence-electron chi connectivity index (χ1n) is 4.73. The minimum atomic E-state index is -0.0320. The zero-order valence-corrected chi connectivity index (χ0v) is 8.45. The van der Waals surface area contributed by atoms with E-state index < -0.39 is 0 Å². The average Bonchev–Trinajstić information content (AvgIpc) is 2.59. The molecular formula is C12H12N2O. The summed E-state index contributed by atoms with van der Waals surface area (Å²) in [5.74, 6) is 0.518. The van der Waals surface area contributed by atoms with Crippen LogP contribution in [0.4, 0.5) is 5.82 Å². The Bertz CT molecular complexity index is 466. The number of aromatic nitrogens is 1. The van der Waals surface area contributed by atoms with Gasteiger partial charge in [-0.1, -0.05) is 30.3 Å². The lowest BCUT2D eigenvalue weighted by molar-refractivity contribution is 0.103. The Kier molecular flexibility index (Phi) is 2.29. The summed E-state index contributed by atoms with van der Waals surface area (Å²) in [6.45, 7) is 1.87. The van der Waals surface area contributed by atoms with Gasteiger partial charge in [0, 0.05) is 5.56 Å². The number of hydrogen-bond donors (Lipinski definition) is 2. The highest BCUT2D eigenvalue weighted by Gasteiger charge is 2.11. The van der Waals surface area contributed by atoms with E-state index in [2.05, 4.69) is 4.98 Å². The number of nitrogens with two attached hydrogens (primary N) is 1. The summed E-state index contributed by atoms with van der Waals surface area (Å²) >= 11 is 0. The van der Waals surface area contributed by atoms with Crippen LogP contribution in [0.5, 0.6) is 0 Å². The van der Waals surface area contributed by atoms with Crippen LogP contribution in [0.3, 0.4) is 0 Å². The van der Waals surface area contributed by atoms with Crippen molar-refractivity contribution in [3.63, 3.8) is 0 Å². The number of aryl methyl sites for hydroxylation is 1. The first-order chi connectivity index (χ1) is 7.18. The van der Waals surface area contributed by atoms with Gasteiger partial charge in [-0.3, -0.25) is 4.79 Å². The molecule has 3 nitrogen and oxygen atoms in total. The highest BCUT2D eigenvalue weighted by atomic mass is 16.1. The molecule has 0 radical (unpaired) electrons. The lowest BCUT2D eigenvalue weighted by Crippen LogP contribution is -2.01. The summed E-state index contributed by atoms with van der Waals surface area (Å²) in [6.07, 6.45) is 0. The molecule has 0 aliphatic carbocycles. The standard InChI is InChI=1S/C12H12N2O/c1-8-7-10(14-12(8)13)11(15)9-5-3-2-4-6-9/h2-7,14H,13H2,1H3. The molecule has 0 unspecified atom stereocenters. The Morgan fingerprint density at radius 3 is 2.47 bits per heavy atom. The largest absolute Gasteiger partial charge is 0.385 e. The molecule has 76 valence electrons. The molecule has 0 saturated carbocycles. The zero-order chi connectivity index (χ0) is 10.8. The number of hydrogen-bond acceptors (Lipinski definition) is 2. The first-order valence-corrected chi connectivity index (χ1v) is 4.73. The summed E-state index contributed by atoms with van der Waals surface area (Å²) < 4.78 is 0. The van der Waals surface area contributed by atoms with Crippen LogP contribution in [-0.2, 0) is 0 Å². The molecule has 0 spiro atoms. The summed E-state index contributed by atoms with van der Waals surface area (Å²) in [5.41, 5.74) is 7.75. The molecule has 0 amide bonds. The average molecular weight is 200 g/mol. The Balaban J connectivity index is 2.37. The summed E-state index contributed by atoms with van der Waals surface area (Å²) in [5, 5.41) is 0. The summed E-state index contributed by atoms with van der Waals surface area (Å²) in [6, 6.07) is 10.9. The van der Waals surface area contributed by atoms with Gasteiger partial charge in [0.1, 0.15) is 5.82 Å². The van der Waals surface area contributed by atoms with E-state index in [1.165, 1.54) is 0 Å². The Morgan fingerprint density at radius 1 is 1.27 bits per heavy atom. The number of carbonyl (C=O) groups is 1. The van der Waals surface area contributed by atoms with E-state index in [1.807, 2.05) is 25.1 Å². The van der Waals surface area contributed by atoms with Gasteiger partial charge >= 0.3 is 0 Å². The van der Waals surface area contributed by atoms with Gasteiger partial charge < -0.3 is 10.7 Å². The fourth-order valence-electron chi connectivity index (χ4n) is 1.44. The van der Waals surface area contributed by atoms with Crippen LogP contribution in [0.15, 0.2) is 36.4 Å². The molecule has 0 aliphatic heterocycles. The minimum absolute atomic E-state index is 0.0320. The fourth-order valence-corrected chi connectivity index (χ4v) is 1.44. The van der Waals surface area contributed by atoms with Crippen molar-refractivity contribution in [1.29, 1.82) is 0 Å². The number of anilines is 1. The number of H-pyrrole nitrogens is 1. The van der Waals surface area contributed by atoms with E-state index in [1.54, 1.807) is 18.2 Å². The van der Waals surface area contributed by atoms with Gasteiger partial charge in [0.05, 0.1) is 5.69 Å². The summed E-state index contributed by atoms with van der Waals surface area (Å²) in [7, 11) is 0. The van der Waals surface area contributed by atoms with Gasteiger partial charge in [0.2, 0.25) is 5.78 Å². The highest BCUT2D eigenvalue weighted by Crippen LogP contribution is 2.14. The number of aromatic amines is 1. The van der Waals surface area contributed by atoms with Crippen molar-refractivity contribution in [2.75, 3.05) is 5.73 Å². The molecule has 3 N–H and O–H groups in total. The van der Waals surface area contributed by atoms with E-state index in [0.717, 1.165) is 5.56 Å². The third-order valence-corrected chi connectivity index (χ3v) is 2.34. The predicted octanol–water partition coefficient (Wildman–Crippen LogP) is 2.14. The second kappa shape index (κ2) is 3.61. The van der Waals surface area contributed by atoms with Crippen LogP contribution in [0, 0.1) is 6.92 Å². The van der Waals surface area contributed by atoms with E-state index in [4.69, 9.17) is 5.73 Å². The molecule has 0 saturated heterocycles. The maximum atomic E-state index is 11.9. The lowest BCUT2D eigenvalue weighted by atomic mass is 10.1. The second-order valence-electron chi connectivity index (χ2n) is 3.47. The van der Waals surface area contributed by atoms with Crippen molar-refractivity contribution in [3.05, 3.63) is 53.2 Å². The molecular weight excluding hydrogens is 188 g/mol. The van der Waals surface area contributed by atoms with E-state index in [-0.39, 0.29) is 5.78 Å². The van der Waals surface area contributed by atoms with Gasteiger partial charge in [0.25, 0.3) is 0 Å². The predicted molar refractivity (Wildman–Crippen MR) is 59.8 cm³/mol. The number of ketones is 1. The summed E-state index contributed by atoms with van der Waals surface area (Å²) in [4.78, 5) is 14.8. The number of carbonyl (C=O) groups excluding carboxylic acids is 1. The third kappa shape index (κ3) is 1.76. The van der Waals surface area contributed by atoms with Crippen LogP contribution >= 0.6 is 0 Å². The number of rotatable bonds is 2. The van der Waals surface area contributed by atoms with Gasteiger partial charge in [-0.05, 0) is 18.6 Å². The van der Waals surface area contributed by atoms with Crippen LogP contribution in [0.1, 0.15) is 21.6 Å². The number of nitrogen functional groups attached to an aromatic ring is 1. The van der Waals surface area contributed by atoms with E-state index in [9.17, 15) is 4.79 Å². The Labute approximate surface area is 87.9 Å². The normalized spacial score (nSPS) is 10.2. The zero-order valence-electron chi connectivity index (χ0n) is 8.45. The van der Waals surface area contributed by atoms with E-state index >= 15 is 0 Å². The van der Waals surface area contributed by atoms with Gasteiger partial charge in [-0.2, -0.15) is 0 Å². The second-order valence-corrected chi connectivity index (χ2v) is 3.47. The molecule has 0 aliphatic rings. The Morgan fingerprint density at radius 2 is 1.93 bits per heavy atom. The maximum absolute atomic E-state index is 11.9. The Hall–Kier alpha value is -2.03. The monoisotopic (exact) mass is 200 g/mol. The molecule has 3 heteroatoms. The third-order valence-electron chi connectivity index (χ3n) is 2.34. The minimum Gasteiger partial charge on any atom is -0.385 e. The van der Waals surface area contributed by atoms with Crippen molar-refractivity contribution in [1.82, 2.24) is 4.98 Å². The van der Waals surface area contributed by atoms with Crippen LogP contribution < -0.4 is 5.73 Å². The molecule has 1 heterocycles. The molecule has 2 rings (SSSR count). The van der Waals surface area contributed by atoms with Crippen molar-refractivity contribution in [2.45, 2.75) is 6.92 Å². The van der Waals surface area contributed by atoms with Crippen LogP contribution in [0.25, 0.3) is 0 Å². The number of benzene rings is 1. The first kappa shape index (κ1) is 9.52. The van der Waals surface area contributed by atoms with Gasteiger partial charge in [-0.25, -0.2) is 0 Å². The lowest BCUT2D eigenvalue weighted by Gasteiger charge is -1.96. The van der Waals surface area contributed by atoms with Gasteiger partial charge in [0.15, 0.2) is 0 Å². The topological polar surface area (TPSA) is 58.9 Å². The van der Waals surface area contributed by atoms with Crippen molar-refractivity contribution >= 4 is 11.6 Å². The molecule has 1 aromatic carbocycles.